The van der Waals surface area contributed by atoms with Crippen molar-refractivity contribution in [3.63, 3.8) is 0 Å². The molecular weight excluding hydrogens is 568 g/mol. The zero-order valence-corrected chi connectivity index (χ0v) is 26.8. The Labute approximate surface area is 261 Å². The third kappa shape index (κ3) is 11.0. The Morgan fingerprint density at radius 3 is 2.55 bits per heavy atom. The summed E-state index contributed by atoms with van der Waals surface area (Å²) >= 11 is 0. The highest BCUT2D eigenvalue weighted by molar-refractivity contribution is 5.81. The molecular formula is C32H50N4O8. The van der Waals surface area contributed by atoms with Gasteiger partial charge in [-0.25, -0.2) is 0 Å². The van der Waals surface area contributed by atoms with Crippen LogP contribution in [-0.2, 0) is 35.1 Å². The number of methoxy groups -OCH3 is 1. The molecule has 0 aliphatic carbocycles. The zero-order chi connectivity index (χ0) is 32.0. The normalized spacial score (nSPS) is 21.3. The molecule has 4 rings (SSSR count). The number of ether oxygens (including phenoxy) is 4. The number of carbonyl (C=O) groups excluding carboxylic acids is 4. The molecule has 2 bridgehead atoms. The van der Waals surface area contributed by atoms with Gasteiger partial charge in [-0.05, 0) is 56.2 Å². The lowest BCUT2D eigenvalue weighted by molar-refractivity contribution is -0.156. The van der Waals surface area contributed by atoms with E-state index in [-0.39, 0.29) is 63.0 Å². The zero-order valence-electron chi connectivity index (χ0n) is 26.8. The Hall–Kier alpha value is -3.38. The van der Waals surface area contributed by atoms with Crippen molar-refractivity contribution in [3.8, 4) is 11.5 Å². The molecule has 2 N–H and O–H groups in total. The molecule has 1 unspecified atom stereocenters. The van der Waals surface area contributed by atoms with Gasteiger partial charge in [-0.2, -0.15) is 0 Å². The molecule has 1 fully saturated rings. The summed E-state index contributed by atoms with van der Waals surface area (Å²) in [5.74, 6) is 0.209. The van der Waals surface area contributed by atoms with Gasteiger partial charge in [-0.3, -0.25) is 24.1 Å². The Morgan fingerprint density at radius 2 is 1.84 bits per heavy atom. The number of nitrogens with zero attached hydrogens (tertiary/aromatic N) is 2. The van der Waals surface area contributed by atoms with Crippen LogP contribution < -0.4 is 20.1 Å². The monoisotopic (exact) mass is 618 g/mol. The van der Waals surface area contributed by atoms with Gasteiger partial charge in [0.1, 0.15) is 0 Å². The Balaban J connectivity index is 1.85. The van der Waals surface area contributed by atoms with Gasteiger partial charge in [0.05, 0.1) is 38.9 Å². The van der Waals surface area contributed by atoms with Crippen molar-refractivity contribution in [2.45, 2.75) is 52.9 Å². The Morgan fingerprint density at radius 1 is 1.07 bits per heavy atom. The highest BCUT2D eigenvalue weighted by Gasteiger charge is 2.40. The van der Waals surface area contributed by atoms with E-state index in [0.717, 1.165) is 12.0 Å². The number of nitrogens with one attached hydrogen (secondary N) is 2. The maximum atomic E-state index is 13.6. The fraction of sp³-hybridized carbons (Fsp3) is 0.688. The lowest BCUT2D eigenvalue weighted by Gasteiger charge is -2.33. The summed E-state index contributed by atoms with van der Waals surface area (Å²) in [6, 6.07) is 5.36. The van der Waals surface area contributed by atoms with Crippen LogP contribution in [0.3, 0.4) is 0 Å². The number of fused-ring (bicyclic) bond motifs is 16. The number of carbonyl (C=O) groups is 4. The molecule has 1 aromatic carbocycles. The quantitative estimate of drug-likeness (QED) is 0.330. The third-order valence-corrected chi connectivity index (χ3v) is 8.01. The highest BCUT2D eigenvalue weighted by atomic mass is 16.5. The van der Waals surface area contributed by atoms with E-state index >= 15 is 0 Å². The maximum absolute atomic E-state index is 13.6. The molecule has 3 amide bonds. The average Bonchev–Trinajstić information content (AvgIpc) is 3.01. The van der Waals surface area contributed by atoms with E-state index in [2.05, 4.69) is 24.5 Å². The topological polar surface area (TPSA) is 136 Å². The van der Waals surface area contributed by atoms with Crippen molar-refractivity contribution in [1.29, 1.82) is 0 Å². The molecule has 0 spiro atoms. The molecule has 1 saturated heterocycles. The van der Waals surface area contributed by atoms with Gasteiger partial charge in [0.15, 0.2) is 18.1 Å². The number of esters is 1. The molecule has 1 atom stereocenters. The van der Waals surface area contributed by atoms with Crippen LogP contribution in [0, 0.1) is 11.3 Å². The van der Waals surface area contributed by atoms with Gasteiger partial charge >= 0.3 is 5.97 Å². The molecule has 12 heteroatoms. The van der Waals surface area contributed by atoms with Gasteiger partial charge in [0.25, 0.3) is 5.91 Å². The Kier molecular flexibility index (Phi) is 14.2. The van der Waals surface area contributed by atoms with Crippen LogP contribution in [0.4, 0.5) is 0 Å². The van der Waals surface area contributed by atoms with Gasteiger partial charge in [0, 0.05) is 45.7 Å². The summed E-state index contributed by atoms with van der Waals surface area (Å²) in [6.45, 7) is 9.77. The van der Waals surface area contributed by atoms with Crippen LogP contribution in [0.2, 0.25) is 0 Å². The first-order chi connectivity index (χ1) is 21.2. The molecule has 246 valence electrons. The minimum Gasteiger partial charge on any atom is -0.493 e. The molecule has 0 radical (unpaired) electrons. The molecule has 0 aromatic heterocycles. The van der Waals surface area contributed by atoms with E-state index in [0.29, 0.717) is 76.1 Å². The summed E-state index contributed by atoms with van der Waals surface area (Å²) in [5, 5.41) is 5.83. The maximum Gasteiger partial charge on any atom is 0.314 e. The van der Waals surface area contributed by atoms with E-state index in [1.54, 1.807) is 24.0 Å². The van der Waals surface area contributed by atoms with Crippen molar-refractivity contribution < 1.29 is 38.1 Å². The van der Waals surface area contributed by atoms with Crippen LogP contribution in [-0.4, -0.2) is 113 Å². The number of hydrogen-bond donors (Lipinski definition) is 2. The van der Waals surface area contributed by atoms with Crippen molar-refractivity contribution in [3.05, 3.63) is 23.8 Å². The summed E-state index contributed by atoms with van der Waals surface area (Å²) in [4.78, 5) is 56.2. The Bertz CT molecular complexity index is 1110. The molecule has 1 aromatic rings. The number of morpholine rings is 1. The minimum atomic E-state index is -0.994. The van der Waals surface area contributed by atoms with E-state index in [4.69, 9.17) is 18.9 Å². The van der Waals surface area contributed by atoms with Gasteiger partial charge in [-0.15, -0.1) is 0 Å². The van der Waals surface area contributed by atoms with Crippen LogP contribution in [0.25, 0.3) is 0 Å². The summed E-state index contributed by atoms with van der Waals surface area (Å²) in [6.07, 6.45) is 2.23. The first-order valence-electron chi connectivity index (χ1n) is 15.7. The summed E-state index contributed by atoms with van der Waals surface area (Å²) < 4.78 is 22.3. The largest absolute Gasteiger partial charge is 0.493 e. The molecule has 44 heavy (non-hydrogen) atoms. The number of hydrogen-bond acceptors (Lipinski definition) is 9. The van der Waals surface area contributed by atoms with E-state index < -0.39 is 5.41 Å². The van der Waals surface area contributed by atoms with E-state index in [1.807, 2.05) is 11.0 Å². The predicted octanol–water partition coefficient (Wildman–Crippen LogP) is 1.79. The molecule has 12 nitrogen and oxygen atoms in total. The second kappa shape index (κ2) is 17.8. The summed E-state index contributed by atoms with van der Waals surface area (Å²) in [7, 11) is 1.52. The van der Waals surface area contributed by atoms with Crippen molar-refractivity contribution in [2.24, 2.45) is 11.3 Å². The van der Waals surface area contributed by atoms with Crippen LogP contribution in [0.5, 0.6) is 11.5 Å². The van der Waals surface area contributed by atoms with Crippen LogP contribution in [0.15, 0.2) is 18.2 Å². The average molecular weight is 619 g/mol. The summed E-state index contributed by atoms with van der Waals surface area (Å²) in [5.41, 5.74) is -0.177. The van der Waals surface area contributed by atoms with Gasteiger partial charge in [0.2, 0.25) is 11.8 Å². The van der Waals surface area contributed by atoms with Crippen molar-refractivity contribution >= 4 is 23.7 Å². The number of rotatable bonds is 8. The lowest BCUT2D eigenvalue weighted by atomic mass is 9.76. The predicted molar refractivity (Wildman–Crippen MR) is 164 cm³/mol. The molecule has 3 heterocycles. The van der Waals surface area contributed by atoms with Crippen molar-refractivity contribution in [2.75, 3.05) is 79.4 Å². The third-order valence-electron chi connectivity index (χ3n) is 8.01. The van der Waals surface area contributed by atoms with Gasteiger partial charge in [-0.1, -0.05) is 19.9 Å². The molecule has 0 saturated carbocycles. The second-order valence-electron chi connectivity index (χ2n) is 11.9. The van der Waals surface area contributed by atoms with E-state index in [1.165, 1.54) is 7.11 Å². The first kappa shape index (κ1) is 35.1. The van der Waals surface area contributed by atoms with Crippen LogP contribution in [0.1, 0.15) is 52.0 Å². The highest BCUT2D eigenvalue weighted by Crippen LogP contribution is 2.35. The lowest BCUT2D eigenvalue weighted by Crippen LogP contribution is -2.47. The smallest absolute Gasteiger partial charge is 0.314 e. The number of benzene rings is 1. The van der Waals surface area contributed by atoms with Crippen molar-refractivity contribution in [1.82, 2.24) is 20.4 Å². The second-order valence-corrected chi connectivity index (χ2v) is 11.9. The fourth-order valence-electron chi connectivity index (χ4n) is 5.39. The first-order valence-corrected chi connectivity index (χ1v) is 15.7. The molecule has 3 aliphatic heterocycles. The SMILES string of the molecule is CCOC(=O)C1(CCC(C)C)CNC(=O)CCCN(C(=O)CN2CCOCC2)CCNC(=O)COc2ccc(cc2OC)C1. The van der Waals surface area contributed by atoms with Crippen LogP contribution >= 0.6 is 0 Å². The van der Waals surface area contributed by atoms with Gasteiger partial charge < -0.3 is 34.5 Å². The van der Waals surface area contributed by atoms with E-state index in [9.17, 15) is 19.2 Å². The minimum absolute atomic E-state index is 0.0664. The fourth-order valence-corrected chi connectivity index (χ4v) is 5.39. The molecule has 3 aliphatic rings. The number of amides is 3. The standard InChI is InChI=1S/C32H50N4O8/c1-5-43-31(40)32(11-10-24(2)3)20-25-8-9-26(27(19-25)41-4)44-22-29(38)33-12-14-36(13-6-7-28(37)34-23-32)30(39)21-35-15-17-42-18-16-35/h8-9,19,24H,5-7,10-18,20-23H2,1-4H3,(H,33,38)(H,34,37).